The fourth-order valence-corrected chi connectivity index (χ4v) is 2.20. The summed E-state index contributed by atoms with van der Waals surface area (Å²) in [6.45, 7) is 6.66. The second-order valence-electron chi connectivity index (χ2n) is 7.34. The Hall–Kier alpha value is -3.62. The number of benzene rings is 2. The van der Waals surface area contributed by atoms with Crippen molar-refractivity contribution < 1.29 is 28.2 Å². The number of amides is 3. The number of nitrogens with one attached hydrogen (secondary N) is 3. The van der Waals surface area contributed by atoms with Gasteiger partial charge in [-0.25, -0.2) is 9.18 Å². The Bertz CT molecular complexity index is 910. The molecule has 2 aromatic carbocycles. The van der Waals surface area contributed by atoms with Crippen molar-refractivity contribution in [2.75, 3.05) is 5.32 Å². The first-order valence-corrected chi connectivity index (χ1v) is 9.16. The number of anilines is 1. The predicted molar refractivity (Wildman–Crippen MR) is 108 cm³/mol. The van der Waals surface area contributed by atoms with Crippen molar-refractivity contribution in [3.63, 3.8) is 0 Å². The van der Waals surface area contributed by atoms with E-state index in [4.69, 9.17) is 9.47 Å². The van der Waals surface area contributed by atoms with Crippen molar-refractivity contribution in [2.24, 2.45) is 0 Å². The molecule has 2 rings (SSSR count). The molecule has 30 heavy (non-hydrogen) atoms. The molecule has 0 bridgehead atoms. The topological polar surface area (TPSA) is 106 Å². The third kappa shape index (κ3) is 7.08. The van der Waals surface area contributed by atoms with Gasteiger partial charge < -0.3 is 9.47 Å². The Morgan fingerprint density at radius 2 is 1.60 bits per heavy atom. The Morgan fingerprint density at radius 1 is 0.967 bits per heavy atom. The zero-order chi connectivity index (χ0) is 22.3. The second kappa shape index (κ2) is 9.73. The molecule has 0 saturated carbocycles. The van der Waals surface area contributed by atoms with Crippen LogP contribution in [0.4, 0.5) is 14.9 Å². The Labute approximate surface area is 173 Å². The molecule has 0 radical (unpaired) electrons. The predicted octanol–water partition coefficient (Wildman–Crippen LogP) is 3.40. The van der Waals surface area contributed by atoms with Crippen molar-refractivity contribution in [1.82, 2.24) is 10.9 Å². The molecule has 0 fully saturated rings. The molecular weight excluding hydrogens is 393 g/mol. The number of hydrogen-bond donors (Lipinski definition) is 3. The molecule has 9 heteroatoms. The van der Waals surface area contributed by atoms with E-state index in [1.165, 1.54) is 49.4 Å². The Balaban J connectivity index is 1.85. The highest BCUT2D eigenvalue weighted by Gasteiger charge is 2.18. The third-order valence-corrected chi connectivity index (χ3v) is 3.60. The summed E-state index contributed by atoms with van der Waals surface area (Å²) < 4.78 is 24.0. The van der Waals surface area contributed by atoms with Crippen LogP contribution in [0.5, 0.6) is 5.75 Å². The molecule has 0 saturated heterocycles. The molecule has 3 N–H and O–H groups in total. The van der Waals surface area contributed by atoms with Gasteiger partial charge >= 0.3 is 6.09 Å². The quantitative estimate of drug-likeness (QED) is 0.647. The summed E-state index contributed by atoms with van der Waals surface area (Å²) in [5, 5.41) is 2.55. The van der Waals surface area contributed by atoms with Crippen LogP contribution in [0.3, 0.4) is 0 Å². The van der Waals surface area contributed by atoms with Crippen LogP contribution in [0.25, 0.3) is 0 Å². The Kier molecular flexibility index (Phi) is 7.35. The van der Waals surface area contributed by atoms with E-state index in [9.17, 15) is 18.8 Å². The van der Waals surface area contributed by atoms with Gasteiger partial charge in [0.2, 0.25) is 0 Å². The van der Waals surface area contributed by atoms with Gasteiger partial charge in [0.25, 0.3) is 11.8 Å². The zero-order valence-corrected chi connectivity index (χ0v) is 17.1. The van der Waals surface area contributed by atoms with E-state index in [0.29, 0.717) is 5.69 Å². The molecule has 0 spiro atoms. The molecule has 0 aliphatic carbocycles. The van der Waals surface area contributed by atoms with Crippen molar-refractivity contribution >= 4 is 23.6 Å². The summed E-state index contributed by atoms with van der Waals surface area (Å²) in [7, 11) is 0. The zero-order valence-electron chi connectivity index (χ0n) is 17.1. The Morgan fingerprint density at radius 3 is 2.20 bits per heavy atom. The average molecular weight is 417 g/mol. The van der Waals surface area contributed by atoms with E-state index < -0.39 is 35.4 Å². The number of carbonyl (C=O) groups is 3. The third-order valence-electron chi connectivity index (χ3n) is 3.60. The molecule has 0 unspecified atom stereocenters. The second-order valence-corrected chi connectivity index (χ2v) is 7.34. The summed E-state index contributed by atoms with van der Waals surface area (Å²) in [6.07, 6.45) is -1.65. The van der Waals surface area contributed by atoms with E-state index in [0.717, 1.165) is 0 Å². The fourth-order valence-electron chi connectivity index (χ4n) is 2.20. The number of hydrogen-bond acceptors (Lipinski definition) is 5. The summed E-state index contributed by atoms with van der Waals surface area (Å²) >= 11 is 0. The summed E-state index contributed by atoms with van der Waals surface area (Å²) in [5.41, 5.74) is 4.52. The molecule has 0 aliphatic rings. The molecule has 1 atom stereocenters. The van der Waals surface area contributed by atoms with Gasteiger partial charge in [0.15, 0.2) is 17.7 Å². The summed E-state index contributed by atoms with van der Waals surface area (Å²) in [6, 6.07) is 11.7. The normalized spacial score (nSPS) is 11.8. The van der Waals surface area contributed by atoms with Gasteiger partial charge in [0.05, 0.1) is 0 Å². The fraction of sp³-hybridized carbons (Fsp3) is 0.286. The molecule has 8 nitrogen and oxygen atoms in total. The van der Waals surface area contributed by atoms with Crippen LogP contribution in [0.2, 0.25) is 0 Å². The minimum Gasteiger partial charge on any atom is -0.478 e. The summed E-state index contributed by atoms with van der Waals surface area (Å²) in [5.74, 6) is -1.90. The van der Waals surface area contributed by atoms with Gasteiger partial charge in [-0.3, -0.25) is 25.8 Å². The minimum absolute atomic E-state index is 0.0699. The number of rotatable bonds is 5. The van der Waals surface area contributed by atoms with Crippen LogP contribution in [0.1, 0.15) is 38.1 Å². The van der Waals surface area contributed by atoms with Crippen LogP contribution >= 0.6 is 0 Å². The largest absolute Gasteiger partial charge is 0.478 e. The molecule has 0 aromatic heterocycles. The smallest absolute Gasteiger partial charge is 0.412 e. The van der Waals surface area contributed by atoms with E-state index in [2.05, 4.69) is 16.2 Å². The van der Waals surface area contributed by atoms with Crippen molar-refractivity contribution in [1.29, 1.82) is 0 Å². The molecule has 0 aliphatic heterocycles. The maximum absolute atomic E-state index is 13.6. The maximum Gasteiger partial charge on any atom is 0.412 e. The van der Waals surface area contributed by atoms with Crippen molar-refractivity contribution in [3.8, 4) is 5.75 Å². The van der Waals surface area contributed by atoms with Gasteiger partial charge in [-0.1, -0.05) is 12.1 Å². The molecule has 160 valence electrons. The number of carbonyl (C=O) groups excluding carboxylic acids is 3. The number of ether oxygens (including phenoxy) is 2. The van der Waals surface area contributed by atoms with Crippen molar-refractivity contribution in [3.05, 3.63) is 59.9 Å². The number of hydrazine groups is 1. The van der Waals surface area contributed by atoms with Gasteiger partial charge in [-0.15, -0.1) is 0 Å². The first-order valence-electron chi connectivity index (χ1n) is 9.16. The van der Waals surface area contributed by atoms with Crippen LogP contribution in [-0.2, 0) is 9.53 Å². The van der Waals surface area contributed by atoms with Crippen molar-refractivity contribution in [2.45, 2.75) is 39.4 Å². The van der Waals surface area contributed by atoms with E-state index in [-0.39, 0.29) is 11.3 Å². The minimum atomic E-state index is -1.04. The first kappa shape index (κ1) is 22.7. The molecule has 3 amide bonds. The lowest BCUT2D eigenvalue weighted by Crippen LogP contribution is -2.47. The highest BCUT2D eigenvalue weighted by atomic mass is 19.1. The summed E-state index contributed by atoms with van der Waals surface area (Å²) in [4.78, 5) is 36.0. The first-order chi connectivity index (χ1) is 14.0. The standard InChI is InChI=1S/C21H24FN3O5/c1-13(29-17-8-6-5-7-16(17)22)18(26)24-25-19(27)14-9-11-15(12-10-14)23-20(28)30-21(2,3)4/h5-13H,1-4H3,(H,23,28)(H,24,26)(H,25,27)/t13-/m1/s1. The van der Waals surface area contributed by atoms with E-state index in [1.807, 2.05) is 0 Å². The van der Waals surface area contributed by atoms with Gasteiger partial charge in [-0.2, -0.15) is 0 Å². The van der Waals surface area contributed by atoms with E-state index >= 15 is 0 Å². The highest BCUT2D eigenvalue weighted by molar-refractivity contribution is 5.96. The van der Waals surface area contributed by atoms with Crippen LogP contribution in [0.15, 0.2) is 48.5 Å². The lowest BCUT2D eigenvalue weighted by atomic mass is 10.2. The van der Waals surface area contributed by atoms with Gasteiger partial charge in [0.1, 0.15) is 5.60 Å². The average Bonchev–Trinajstić information content (AvgIpc) is 2.66. The van der Waals surface area contributed by atoms with Gasteiger partial charge in [0, 0.05) is 11.3 Å². The van der Waals surface area contributed by atoms with Gasteiger partial charge in [-0.05, 0) is 64.1 Å². The van der Waals surface area contributed by atoms with E-state index in [1.54, 1.807) is 26.8 Å². The number of halogens is 1. The SMILES string of the molecule is C[C@@H](Oc1ccccc1F)C(=O)NNC(=O)c1ccc(NC(=O)OC(C)(C)C)cc1. The van der Waals surface area contributed by atoms with Crippen LogP contribution in [0, 0.1) is 5.82 Å². The number of para-hydroxylation sites is 1. The monoisotopic (exact) mass is 417 g/mol. The lowest BCUT2D eigenvalue weighted by Gasteiger charge is -2.19. The highest BCUT2D eigenvalue weighted by Crippen LogP contribution is 2.17. The molecule has 2 aromatic rings. The van der Waals surface area contributed by atoms with Crippen LogP contribution in [-0.4, -0.2) is 29.6 Å². The molecule has 0 heterocycles. The van der Waals surface area contributed by atoms with Crippen LogP contribution < -0.4 is 20.9 Å². The molecular formula is C21H24FN3O5. The lowest BCUT2D eigenvalue weighted by molar-refractivity contribution is -0.128. The maximum atomic E-state index is 13.6.